The molecule has 0 saturated heterocycles. The largest absolute Gasteiger partial charge is 0.346 e. The summed E-state index contributed by atoms with van der Waals surface area (Å²) in [6.07, 6.45) is 1.85. The maximum absolute atomic E-state index is 13.8. The third-order valence-corrected chi connectivity index (χ3v) is 5.53. The molecule has 144 valence electrons. The van der Waals surface area contributed by atoms with Gasteiger partial charge in [-0.3, -0.25) is 4.99 Å². The smallest absolute Gasteiger partial charge is 0.133 e. The molecule has 4 rings (SSSR count). The number of aliphatic imine (C=N–C) groups is 1. The van der Waals surface area contributed by atoms with Crippen LogP contribution in [-0.4, -0.2) is 5.84 Å². The van der Waals surface area contributed by atoms with E-state index in [-0.39, 0.29) is 30.1 Å². The fourth-order valence-corrected chi connectivity index (χ4v) is 4.28. The molecular formula is C22H19ClF2N2S. The van der Waals surface area contributed by atoms with Crippen LogP contribution in [0.25, 0.3) is 5.57 Å². The lowest BCUT2D eigenvalue weighted by Gasteiger charge is -2.24. The molecule has 1 aromatic heterocycles. The van der Waals surface area contributed by atoms with Crippen molar-refractivity contribution < 1.29 is 8.78 Å². The van der Waals surface area contributed by atoms with Gasteiger partial charge in [-0.15, -0.1) is 23.7 Å². The number of thiophene rings is 1. The highest BCUT2D eigenvalue weighted by Crippen LogP contribution is 2.39. The van der Waals surface area contributed by atoms with Crippen LogP contribution in [0.15, 0.2) is 65.8 Å². The Morgan fingerprint density at radius 1 is 0.929 bits per heavy atom. The summed E-state index contributed by atoms with van der Waals surface area (Å²) < 4.78 is 27.5. The van der Waals surface area contributed by atoms with Gasteiger partial charge in [-0.2, -0.15) is 0 Å². The number of nitrogens with zero attached hydrogens (tertiary/aromatic N) is 1. The highest BCUT2D eigenvalue weighted by Gasteiger charge is 2.25. The van der Waals surface area contributed by atoms with E-state index in [1.165, 1.54) is 34.0 Å². The summed E-state index contributed by atoms with van der Waals surface area (Å²) in [5, 5.41) is 3.16. The molecule has 3 aromatic rings. The van der Waals surface area contributed by atoms with E-state index in [1.807, 2.05) is 18.3 Å². The monoisotopic (exact) mass is 416 g/mol. The lowest BCUT2D eigenvalue weighted by molar-refractivity contribution is 0.626. The van der Waals surface area contributed by atoms with E-state index in [2.05, 4.69) is 25.2 Å². The van der Waals surface area contributed by atoms with Gasteiger partial charge in [0.1, 0.15) is 23.5 Å². The number of hydrogen-bond acceptors (Lipinski definition) is 3. The zero-order valence-electron chi connectivity index (χ0n) is 15.4. The number of halogens is 3. The lowest BCUT2D eigenvalue weighted by atomic mass is 9.92. The number of benzene rings is 2. The molecule has 6 heteroatoms. The van der Waals surface area contributed by atoms with Crippen molar-refractivity contribution in [1.82, 2.24) is 5.32 Å². The molecular weight excluding hydrogens is 398 g/mol. The fraction of sp³-hybridized carbons (Fsp3) is 0.136. The maximum Gasteiger partial charge on any atom is 0.133 e. The van der Waals surface area contributed by atoms with E-state index in [9.17, 15) is 8.78 Å². The quantitative estimate of drug-likeness (QED) is 0.540. The summed E-state index contributed by atoms with van der Waals surface area (Å²) in [5.74, 6) is 0.00389. The number of hydrogen-bond donors (Lipinski definition) is 1. The number of aryl methyl sites for hydroxylation is 2. The first-order valence-corrected chi connectivity index (χ1v) is 9.46. The van der Waals surface area contributed by atoms with Crippen molar-refractivity contribution in [3.05, 3.63) is 98.9 Å². The Morgan fingerprint density at radius 3 is 2.18 bits per heavy atom. The van der Waals surface area contributed by atoms with Crippen LogP contribution in [0.5, 0.6) is 0 Å². The van der Waals surface area contributed by atoms with Crippen LogP contribution in [0.4, 0.5) is 8.78 Å². The van der Waals surface area contributed by atoms with Gasteiger partial charge in [-0.25, -0.2) is 8.78 Å². The predicted molar refractivity (Wildman–Crippen MR) is 114 cm³/mol. The second-order valence-corrected chi connectivity index (χ2v) is 7.97. The van der Waals surface area contributed by atoms with Crippen LogP contribution in [0, 0.1) is 25.5 Å². The van der Waals surface area contributed by atoms with Crippen molar-refractivity contribution in [1.29, 1.82) is 0 Å². The molecule has 2 aromatic carbocycles. The first-order valence-electron chi connectivity index (χ1n) is 8.64. The highest BCUT2D eigenvalue weighted by atomic mass is 35.5. The van der Waals surface area contributed by atoms with Crippen LogP contribution in [0.3, 0.4) is 0 Å². The molecule has 1 atom stereocenters. The zero-order valence-corrected chi connectivity index (χ0v) is 17.0. The number of nitrogens with one attached hydrogen (secondary N) is 1. The standard InChI is InChI=1S/C22H18F2N2S.ClH/c1-13-9-19(14(2)27-13)21-20(15-5-3-7-17(23)10-15)12-25-22(26-21)16-6-4-8-18(24)11-16;/h3-12,21H,1-2H3,(H,25,26);1H. The summed E-state index contributed by atoms with van der Waals surface area (Å²) in [4.78, 5) is 7.25. The SMILES string of the molecule is Cc1cc(C2N=C(c3cccc(F)c3)NC=C2c2cccc(F)c2)c(C)s1.Cl. The zero-order chi connectivity index (χ0) is 19.0. The Hall–Kier alpha value is -2.50. The van der Waals surface area contributed by atoms with Crippen LogP contribution in [0.1, 0.15) is 32.5 Å². The summed E-state index contributed by atoms with van der Waals surface area (Å²) >= 11 is 1.71. The second-order valence-electron chi connectivity index (χ2n) is 6.51. The lowest BCUT2D eigenvalue weighted by Crippen LogP contribution is -2.25. The average molecular weight is 417 g/mol. The minimum absolute atomic E-state index is 0. The van der Waals surface area contributed by atoms with Gasteiger partial charge in [-0.05, 0) is 55.3 Å². The molecule has 0 aliphatic carbocycles. The third kappa shape index (κ3) is 4.01. The van der Waals surface area contributed by atoms with Crippen LogP contribution in [0.2, 0.25) is 0 Å². The topological polar surface area (TPSA) is 24.4 Å². The van der Waals surface area contributed by atoms with Gasteiger partial charge in [0, 0.05) is 27.1 Å². The van der Waals surface area contributed by atoms with Gasteiger partial charge in [0.05, 0.1) is 0 Å². The Bertz CT molecular complexity index is 1070. The van der Waals surface area contributed by atoms with Crippen LogP contribution < -0.4 is 5.32 Å². The van der Waals surface area contributed by atoms with Gasteiger partial charge in [0.25, 0.3) is 0 Å². The van der Waals surface area contributed by atoms with Crippen molar-refractivity contribution >= 4 is 35.2 Å². The van der Waals surface area contributed by atoms with Gasteiger partial charge in [0.15, 0.2) is 0 Å². The molecule has 1 aliphatic rings. The van der Waals surface area contributed by atoms with Crippen LogP contribution >= 0.6 is 23.7 Å². The average Bonchev–Trinajstić information content (AvgIpc) is 2.99. The third-order valence-electron chi connectivity index (χ3n) is 4.55. The Balaban J connectivity index is 0.00000225. The molecule has 2 heterocycles. The first-order chi connectivity index (χ1) is 13.0. The number of amidine groups is 1. The molecule has 1 unspecified atom stereocenters. The van der Waals surface area contributed by atoms with E-state index < -0.39 is 0 Å². The van der Waals surface area contributed by atoms with Gasteiger partial charge < -0.3 is 5.32 Å². The van der Waals surface area contributed by atoms with Crippen LogP contribution in [-0.2, 0) is 0 Å². The predicted octanol–water partition coefficient (Wildman–Crippen LogP) is 6.20. The molecule has 28 heavy (non-hydrogen) atoms. The highest BCUT2D eigenvalue weighted by molar-refractivity contribution is 7.12. The Kier molecular flexibility index (Phi) is 5.96. The first kappa shape index (κ1) is 20.2. The minimum atomic E-state index is -0.309. The molecule has 0 bridgehead atoms. The molecule has 0 fully saturated rings. The Morgan fingerprint density at radius 2 is 1.57 bits per heavy atom. The molecule has 2 nitrogen and oxygen atoms in total. The molecule has 0 saturated carbocycles. The van der Waals surface area contributed by atoms with E-state index in [0.717, 1.165) is 16.7 Å². The fourth-order valence-electron chi connectivity index (χ4n) is 3.32. The summed E-state index contributed by atoms with van der Waals surface area (Å²) in [6, 6.07) is 14.7. The van der Waals surface area contributed by atoms with Gasteiger partial charge in [-0.1, -0.05) is 24.3 Å². The van der Waals surface area contributed by atoms with E-state index in [0.29, 0.717) is 11.4 Å². The van der Waals surface area contributed by atoms with Gasteiger partial charge >= 0.3 is 0 Å². The second kappa shape index (κ2) is 8.25. The molecule has 1 aliphatic heterocycles. The molecule has 0 spiro atoms. The Labute approximate surface area is 173 Å². The van der Waals surface area contributed by atoms with E-state index in [4.69, 9.17) is 4.99 Å². The van der Waals surface area contributed by atoms with Crippen molar-refractivity contribution in [2.75, 3.05) is 0 Å². The maximum atomic E-state index is 13.8. The van der Waals surface area contributed by atoms with E-state index in [1.54, 1.807) is 23.5 Å². The van der Waals surface area contributed by atoms with Crippen molar-refractivity contribution in [2.45, 2.75) is 19.9 Å². The van der Waals surface area contributed by atoms with Crippen molar-refractivity contribution in [2.24, 2.45) is 4.99 Å². The van der Waals surface area contributed by atoms with Gasteiger partial charge in [0.2, 0.25) is 0 Å². The normalized spacial score (nSPS) is 15.9. The van der Waals surface area contributed by atoms with Crippen molar-refractivity contribution in [3.8, 4) is 0 Å². The molecule has 0 radical (unpaired) electrons. The summed E-state index contributed by atoms with van der Waals surface area (Å²) in [6.45, 7) is 4.13. The summed E-state index contributed by atoms with van der Waals surface area (Å²) in [7, 11) is 0. The summed E-state index contributed by atoms with van der Waals surface area (Å²) in [5.41, 5.74) is 3.43. The van der Waals surface area contributed by atoms with Crippen molar-refractivity contribution in [3.63, 3.8) is 0 Å². The minimum Gasteiger partial charge on any atom is -0.346 e. The number of rotatable bonds is 3. The van der Waals surface area contributed by atoms with E-state index >= 15 is 0 Å². The molecule has 0 amide bonds. The molecule has 1 N–H and O–H groups in total.